The minimum atomic E-state index is 0.542. The van der Waals surface area contributed by atoms with Crippen LogP contribution in [0.2, 0.25) is 0 Å². The molecule has 0 aliphatic heterocycles. The lowest BCUT2D eigenvalue weighted by molar-refractivity contribution is 0.691. The predicted octanol–water partition coefficient (Wildman–Crippen LogP) is 4.00. The van der Waals surface area contributed by atoms with Gasteiger partial charge in [-0.1, -0.05) is 12.8 Å². The Morgan fingerprint density at radius 2 is 1.85 bits per heavy atom. The summed E-state index contributed by atoms with van der Waals surface area (Å²) in [5.41, 5.74) is 2.14. The minimum Gasteiger partial charge on any atom is -0.372 e. The van der Waals surface area contributed by atoms with Crippen molar-refractivity contribution in [1.82, 2.24) is 15.0 Å². The van der Waals surface area contributed by atoms with Crippen molar-refractivity contribution in [3.8, 4) is 11.4 Å². The maximum Gasteiger partial charge on any atom is 0.161 e. The molecule has 2 heterocycles. The summed E-state index contributed by atoms with van der Waals surface area (Å²) in [7, 11) is 1.89. The number of nitrogens with zero attached hydrogens (tertiary/aromatic N) is 3. The van der Waals surface area contributed by atoms with Crippen molar-refractivity contribution in [2.75, 3.05) is 12.4 Å². The van der Waals surface area contributed by atoms with Crippen molar-refractivity contribution in [1.29, 1.82) is 0 Å². The van der Waals surface area contributed by atoms with Crippen molar-refractivity contribution in [3.63, 3.8) is 0 Å². The van der Waals surface area contributed by atoms with Crippen LogP contribution in [0.25, 0.3) is 11.4 Å². The standard InChI is InChI=1S/C15H17BrN4/c1-17-15-12(16)13(10-4-2-3-5-10)19-14(20-15)11-6-8-18-9-7-11/h6-10H,2-5H2,1H3,(H,17,19,20). The van der Waals surface area contributed by atoms with Crippen LogP contribution in [0, 0.1) is 0 Å². The van der Waals surface area contributed by atoms with Gasteiger partial charge in [0, 0.05) is 30.9 Å². The molecule has 2 aromatic heterocycles. The van der Waals surface area contributed by atoms with Gasteiger partial charge in [-0.25, -0.2) is 9.97 Å². The summed E-state index contributed by atoms with van der Waals surface area (Å²) in [6.07, 6.45) is 8.56. The molecule has 2 aromatic rings. The highest BCUT2D eigenvalue weighted by Gasteiger charge is 2.23. The molecule has 0 atom stereocenters. The third-order valence-electron chi connectivity index (χ3n) is 3.79. The number of aromatic nitrogens is 3. The first-order valence-electron chi connectivity index (χ1n) is 6.95. The summed E-state index contributed by atoms with van der Waals surface area (Å²) in [5.74, 6) is 2.16. The Morgan fingerprint density at radius 1 is 1.15 bits per heavy atom. The molecule has 0 amide bonds. The number of anilines is 1. The molecule has 1 N–H and O–H groups in total. The second-order valence-electron chi connectivity index (χ2n) is 5.06. The van der Waals surface area contributed by atoms with Gasteiger partial charge in [0.2, 0.25) is 0 Å². The van der Waals surface area contributed by atoms with Crippen LogP contribution in [-0.4, -0.2) is 22.0 Å². The second-order valence-corrected chi connectivity index (χ2v) is 5.86. The van der Waals surface area contributed by atoms with Crippen LogP contribution in [0.5, 0.6) is 0 Å². The summed E-state index contributed by atoms with van der Waals surface area (Å²) >= 11 is 3.66. The molecule has 0 saturated heterocycles. The lowest BCUT2D eigenvalue weighted by atomic mass is 10.0. The number of nitrogens with one attached hydrogen (secondary N) is 1. The monoisotopic (exact) mass is 332 g/mol. The van der Waals surface area contributed by atoms with Gasteiger partial charge in [0.25, 0.3) is 0 Å². The van der Waals surface area contributed by atoms with Crippen molar-refractivity contribution < 1.29 is 0 Å². The molecular formula is C15H17BrN4. The fourth-order valence-corrected chi connectivity index (χ4v) is 3.43. The van der Waals surface area contributed by atoms with Crippen molar-refractivity contribution in [2.45, 2.75) is 31.6 Å². The zero-order valence-corrected chi connectivity index (χ0v) is 13.0. The van der Waals surface area contributed by atoms with Gasteiger partial charge in [-0.2, -0.15) is 0 Å². The van der Waals surface area contributed by atoms with E-state index in [0.29, 0.717) is 5.92 Å². The average molecular weight is 333 g/mol. The van der Waals surface area contributed by atoms with Gasteiger partial charge in [0.05, 0.1) is 10.2 Å². The zero-order valence-electron chi connectivity index (χ0n) is 11.4. The summed E-state index contributed by atoms with van der Waals surface area (Å²) in [4.78, 5) is 13.5. The molecule has 0 spiro atoms. The van der Waals surface area contributed by atoms with Gasteiger partial charge in [-0.3, -0.25) is 4.98 Å². The Balaban J connectivity index is 2.09. The SMILES string of the molecule is CNc1nc(-c2ccncc2)nc(C2CCCC2)c1Br. The van der Waals surface area contributed by atoms with E-state index in [9.17, 15) is 0 Å². The molecule has 104 valence electrons. The highest BCUT2D eigenvalue weighted by molar-refractivity contribution is 9.10. The molecule has 1 aliphatic carbocycles. The normalized spacial score (nSPS) is 15.5. The van der Waals surface area contributed by atoms with Crippen molar-refractivity contribution >= 4 is 21.7 Å². The van der Waals surface area contributed by atoms with Gasteiger partial charge < -0.3 is 5.32 Å². The summed E-state index contributed by atoms with van der Waals surface area (Å²) in [5, 5.41) is 3.16. The number of rotatable bonds is 3. The third kappa shape index (κ3) is 2.54. The smallest absolute Gasteiger partial charge is 0.161 e. The Bertz CT molecular complexity index is 594. The molecule has 0 aromatic carbocycles. The zero-order chi connectivity index (χ0) is 13.9. The topological polar surface area (TPSA) is 50.7 Å². The number of hydrogen-bond acceptors (Lipinski definition) is 4. The van der Waals surface area contributed by atoms with Crippen LogP contribution in [0.4, 0.5) is 5.82 Å². The first kappa shape index (κ1) is 13.5. The lowest BCUT2D eigenvalue weighted by Crippen LogP contribution is -2.06. The van der Waals surface area contributed by atoms with Crippen LogP contribution < -0.4 is 5.32 Å². The Hall–Kier alpha value is -1.49. The van der Waals surface area contributed by atoms with Gasteiger partial charge in [0.15, 0.2) is 5.82 Å². The summed E-state index contributed by atoms with van der Waals surface area (Å²) in [6.45, 7) is 0. The molecule has 4 nitrogen and oxygen atoms in total. The lowest BCUT2D eigenvalue weighted by Gasteiger charge is -2.15. The first-order chi connectivity index (χ1) is 9.79. The Labute approximate surface area is 127 Å². The van der Waals surface area contributed by atoms with Gasteiger partial charge in [-0.05, 0) is 40.9 Å². The second kappa shape index (κ2) is 5.87. The molecule has 1 fully saturated rings. The third-order valence-corrected chi connectivity index (χ3v) is 4.58. The number of halogens is 1. The van der Waals surface area contributed by atoms with Crippen LogP contribution in [-0.2, 0) is 0 Å². The highest BCUT2D eigenvalue weighted by Crippen LogP contribution is 2.39. The molecule has 20 heavy (non-hydrogen) atoms. The van der Waals surface area contributed by atoms with E-state index >= 15 is 0 Å². The average Bonchev–Trinajstić information content (AvgIpc) is 3.02. The van der Waals surface area contributed by atoms with Crippen LogP contribution >= 0.6 is 15.9 Å². The molecule has 5 heteroatoms. The van der Waals surface area contributed by atoms with E-state index in [2.05, 4.69) is 31.2 Å². The van der Waals surface area contributed by atoms with E-state index in [4.69, 9.17) is 4.98 Å². The molecule has 0 radical (unpaired) electrons. The van der Waals surface area contributed by atoms with E-state index in [0.717, 1.165) is 27.4 Å². The number of hydrogen-bond donors (Lipinski definition) is 1. The maximum absolute atomic E-state index is 4.81. The summed E-state index contributed by atoms with van der Waals surface area (Å²) in [6, 6.07) is 3.89. The molecule has 0 unspecified atom stereocenters. The fourth-order valence-electron chi connectivity index (χ4n) is 2.73. The predicted molar refractivity (Wildman–Crippen MR) is 83.7 cm³/mol. The van der Waals surface area contributed by atoms with E-state index in [1.165, 1.54) is 25.7 Å². The molecule has 1 saturated carbocycles. The van der Waals surface area contributed by atoms with Crippen LogP contribution in [0.3, 0.4) is 0 Å². The van der Waals surface area contributed by atoms with E-state index in [1.54, 1.807) is 12.4 Å². The van der Waals surface area contributed by atoms with E-state index in [-0.39, 0.29) is 0 Å². The van der Waals surface area contributed by atoms with E-state index < -0.39 is 0 Å². The van der Waals surface area contributed by atoms with Gasteiger partial charge in [-0.15, -0.1) is 0 Å². The fraction of sp³-hybridized carbons (Fsp3) is 0.400. The number of pyridine rings is 1. The molecular weight excluding hydrogens is 316 g/mol. The van der Waals surface area contributed by atoms with Gasteiger partial charge in [0.1, 0.15) is 5.82 Å². The Kier molecular flexibility index (Phi) is 3.96. The van der Waals surface area contributed by atoms with Crippen molar-refractivity contribution in [2.24, 2.45) is 0 Å². The largest absolute Gasteiger partial charge is 0.372 e. The van der Waals surface area contributed by atoms with Crippen LogP contribution in [0.1, 0.15) is 37.3 Å². The van der Waals surface area contributed by atoms with Crippen LogP contribution in [0.15, 0.2) is 29.0 Å². The highest BCUT2D eigenvalue weighted by atomic mass is 79.9. The molecule has 1 aliphatic rings. The van der Waals surface area contributed by atoms with E-state index in [1.807, 2.05) is 19.2 Å². The quantitative estimate of drug-likeness (QED) is 0.922. The molecule has 0 bridgehead atoms. The Morgan fingerprint density at radius 3 is 2.50 bits per heavy atom. The minimum absolute atomic E-state index is 0.542. The molecule has 3 rings (SSSR count). The summed E-state index contributed by atoms with van der Waals surface area (Å²) < 4.78 is 1.00. The maximum atomic E-state index is 4.81. The first-order valence-corrected chi connectivity index (χ1v) is 7.74. The van der Waals surface area contributed by atoms with Crippen molar-refractivity contribution in [3.05, 3.63) is 34.7 Å². The van der Waals surface area contributed by atoms with Gasteiger partial charge >= 0.3 is 0 Å².